The van der Waals surface area contributed by atoms with Crippen LogP contribution in [-0.2, 0) is 13.5 Å². The Morgan fingerprint density at radius 1 is 1.30 bits per heavy atom. The molecule has 7 nitrogen and oxygen atoms in total. The molecule has 0 radical (unpaired) electrons. The van der Waals surface area contributed by atoms with Gasteiger partial charge in [0.25, 0.3) is 5.56 Å². The second kappa shape index (κ2) is 7.85. The van der Waals surface area contributed by atoms with E-state index in [4.69, 9.17) is 4.74 Å². The summed E-state index contributed by atoms with van der Waals surface area (Å²) < 4.78 is 22.7. The van der Waals surface area contributed by atoms with Crippen LogP contribution in [0.3, 0.4) is 0 Å². The van der Waals surface area contributed by atoms with E-state index in [0.29, 0.717) is 34.7 Å². The number of aromatic amines is 1. The maximum atomic E-state index is 15.2. The molecule has 5 rings (SSSR count). The summed E-state index contributed by atoms with van der Waals surface area (Å²) in [7, 11) is 1.71. The quantitative estimate of drug-likeness (QED) is 0.495. The molecule has 0 aliphatic heterocycles. The lowest BCUT2D eigenvalue weighted by molar-refractivity contribution is 0.287. The highest BCUT2D eigenvalue weighted by Crippen LogP contribution is 2.41. The first-order valence-corrected chi connectivity index (χ1v) is 10.9. The Balaban J connectivity index is 1.71. The van der Waals surface area contributed by atoms with E-state index >= 15 is 4.39 Å². The number of halogens is 1. The lowest BCUT2D eigenvalue weighted by atomic mass is 9.95. The lowest BCUT2D eigenvalue weighted by Gasteiger charge is -2.14. The molecular weight excluding hydrogens is 421 g/mol. The first-order chi connectivity index (χ1) is 15.9. The zero-order valence-electron chi connectivity index (χ0n) is 18.5. The Kier molecular flexibility index (Phi) is 4.97. The number of H-pyrrole nitrogens is 1. The van der Waals surface area contributed by atoms with Crippen LogP contribution in [0.1, 0.15) is 31.5 Å². The van der Waals surface area contributed by atoms with Crippen LogP contribution >= 0.6 is 0 Å². The molecule has 1 aliphatic carbocycles. The lowest BCUT2D eigenvalue weighted by Crippen LogP contribution is -2.10. The summed E-state index contributed by atoms with van der Waals surface area (Å²) in [5.74, 6) is 0.262. The third-order valence-corrected chi connectivity index (χ3v) is 6.23. The monoisotopic (exact) mass is 443 g/mol. The minimum atomic E-state index is -0.527. The predicted octanol–water partition coefficient (Wildman–Crippen LogP) is 4.35. The standard InChI is InChI=1S/C25H22FN5O2/c1-4-20-16-10-14(5-6-15(16)25(32)30-29-20)18-12-28-31(3)24(18)23-17(11-27)21(8-7-19(23)26)33-22-9-13(22)2/h5-8,10,12-13,22H,4,9H2,1-3H3,(H,30,32)/t13-,22-/m1/s1. The van der Waals surface area contributed by atoms with E-state index in [0.717, 1.165) is 23.1 Å². The Morgan fingerprint density at radius 2 is 2.09 bits per heavy atom. The number of nitrogens with zero attached hydrogens (tertiary/aromatic N) is 4. The predicted molar refractivity (Wildman–Crippen MR) is 122 cm³/mol. The molecule has 0 spiro atoms. The summed E-state index contributed by atoms with van der Waals surface area (Å²) in [6, 6.07) is 10.4. The van der Waals surface area contributed by atoms with E-state index in [1.165, 1.54) is 12.1 Å². The Labute approximate surface area is 189 Å². The van der Waals surface area contributed by atoms with Crippen molar-refractivity contribution < 1.29 is 9.13 Å². The van der Waals surface area contributed by atoms with Gasteiger partial charge in [-0.2, -0.15) is 15.5 Å². The van der Waals surface area contributed by atoms with Gasteiger partial charge in [-0.05, 0) is 48.6 Å². The van der Waals surface area contributed by atoms with Crippen LogP contribution in [0.25, 0.3) is 33.2 Å². The molecular formula is C25H22FN5O2. The average molecular weight is 443 g/mol. The van der Waals surface area contributed by atoms with Gasteiger partial charge in [0.1, 0.15) is 29.3 Å². The van der Waals surface area contributed by atoms with Crippen LogP contribution in [-0.4, -0.2) is 26.1 Å². The molecule has 8 heteroatoms. The first-order valence-electron chi connectivity index (χ1n) is 10.9. The highest BCUT2D eigenvalue weighted by molar-refractivity contribution is 5.92. The fraction of sp³-hybridized carbons (Fsp3) is 0.280. The van der Waals surface area contributed by atoms with Crippen molar-refractivity contribution in [3.8, 4) is 34.2 Å². The van der Waals surface area contributed by atoms with Crippen LogP contribution in [0.15, 0.2) is 41.3 Å². The van der Waals surface area contributed by atoms with Crippen molar-refractivity contribution >= 4 is 10.8 Å². The molecule has 2 aromatic heterocycles. The number of fused-ring (bicyclic) bond motifs is 1. The Hall–Kier alpha value is -3.99. The zero-order valence-corrected chi connectivity index (χ0v) is 18.5. The first kappa shape index (κ1) is 20.9. The highest BCUT2D eigenvalue weighted by atomic mass is 19.1. The molecule has 0 amide bonds. The van der Waals surface area contributed by atoms with Crippen LogP contribution in [0.2, 0.25) is 0 Å². The van der Waals surface area contributed by atoms with Gasteiger partial charge in [0.15, 0.2) is 0 Å². The van der Waals surface area contributed by atoms with Gasteiger partial charge >= 0.3 is 0 Å². The average Bonchev–Trinajstić information content (AvgIpc) is 3.38. The summed E-state index contributed by atoms with van der Waals surface area (Å²) in [5.41, 5.74) is 2.65. The molecule has 4 aromatic rings. The maximum absolute atomic E-state index is 15.2. The summed E-state index contributed by atoms with van der Waals surface area (Å²) in [5, 5.41) is 22.3. The highest BCUT2D eigenvalue weighted by Gasteiger charge is 2.36. The largest absolute Gasteiger partial charge is 0.489 e. The van der Waals surface area contributed by atoms with Crippen molar-refractivity contribution in [1.29, 1.82) is 5.26 Å². The van der Waals surface area contributed by atoms with E-state index in [2.05, 4.69) is 28.3 Å². The number of nitriles is 1. The summed E-state index contributed by atoms with van der Waals surface area (Å²) in [6.45, 7) is 4.04. The zero-order chi connectivity index (χ0) is 23.3. The number of hydrogen-bond acceptors (Lipinski definition) is 5. The number of rotatable bonds is 5. The molecule has 0 unspecified atom stereocenters. The number of ether oxygens (including phenoxy) is 1. The molecule has 0 saturated heterocycles. The van der Waals surface area contributed by atoms with E-state index in [1.54, 1.807) is 30.1 Å². The summed E-state index contributed by atoms with van der Waals surface area (Å²) in [4.78, 5) is 12.2. The normalized spacial score (nSPS) is 17.2. The Morgan fingerprint density at radius 3 is 2.79 bits per heavy atom. The number of aromatic nitrogens is 4. The second-order valence-corrected chi connectivity index (χ2v) is 8.42. The van der Waals surface area contributed by atoms with Crippen LogP contribution in [0.4, 0.5) is 4.39 Å². The summed E-state index contributed by atoms with van der Waals surface area (Å²) in [6.07, 6.45) is 3.24. The van der Waals surface area contributed by atoms with Crippen molar-refractivity contribution in [3.63, 3.8) is 0 Å². The van der Waals surface area contributed by atoms with E-state index in [-0.39, 0.29) is 22.8 Å². The van der Waals surface area contributed by atoms with Crippen molar-refractivity contribution in [3.05, 3.63) is 64.0 Å². The second-order valence-electron chi connectivity index (χ2n) is 8.42. The molecule has 1 fully saturated rings. The van der Waals surface area contributed by atoms with E-state index < -0.39 is 5.82 Å². The van der Waals surface area contributed by atoms with E-state index in [9.17, 15) is 10.1 Å². The fourth-order valence-electron chi connectivity index (χ4n) is 4.22. The minimum absolute atomic E-state index is 0.0416. The third-order valence-electron chi connectivity index (χ3n) is 6.23. The van der Waals surface area contributed by atoms with Gasteiger partial charge in [0, 0.05) is 18.0 Å². The van der Waals surface area contributed by atoms with Gasteiger partial charge in [-0.3, -0.25) is 9.48 Å². The molecule has 1 N–H and O–H groups in total. The van der Waals surface area contributed by atoms with Crippen molar-refractivity contribution in [1.82, 2.24) is 20.0 Å². The molecule has 2 heterocycles. The summed E-state index contributed by atoms with van der Waals surface area (Å²) >= 11 is 0. The smallest absolute Gasteiger partial charge is 0.272 e. The number of aryl methyl sites for hydroxylation is 2. The van der Waals surface area contributed by atoms with Gasteiger partial charge in [-0.1, -0.05) is 19.9 Å². The molecule has 166 valence electrons. The molecule has 2 aromatic carbocycles. The molecule has 1 aliphatic rings. The molecule has 2 atom stereocenters. The van der Waals surface area contributed by atoms with Gasteiger partial charge in [-0.15, -0.1) is 0 Å². The third kappa shape index (κ3) is 3.46. The SMILES string of the molecule is CCc1n[nH]c(=O)c2ccc(-c3cnn(C)c3-c3c(F)ccc(O[C@@H]4C[C@H]4C)c3C#N)cc12. The number of nitrogens with one attached hydrogen (secondary N) is 1. The number of benzene rings is 2. The van der Waals surface area contributed by atoms with Gasteiger partial charge in [-0.25, -0.2) is 9.49 Å². The molecule has 0 bridgehead atoms. The molecule has 33 heavy (non-hydrogen) atoms. The van der Waals surface area contributed by atoms with Gasteiger partial charge in [0.05, 0.1) is 28.5 Å². The topological polar surface area (TPSA) is 96.6 Å². The van der Waals surface area contributed by atoms with E-state index in [1.807, 2.05) is 13.0 Å². The van der Waals surface area contributed by atoms with Crippen molar-refractivity contribution in [2.24, 2.45) is 13.0 Å². The van der Waals surface area contributed by atoms with Crippen LogP contribution in [0.5, 0.6) is 5.75 Å². The minimum Gasteiger partial charge on any atom is -0.489 e. The van der Waals surface area contributed by atoms with Crippen molar-refractivity contribution in [2.75, 3.05) is 0 Å². The number of hydrogen-bond donors (Lipinski definition) is 1. The molecule has 1 saturated carbocycles. The van der Waals surface area contributed by atoms with Crippen molar-refractivity contribution in [2.45, 2.75) is 32.8 Å². The van der Waals surface area contributed by atoms with Crippen LogP contribution < -0.4 is 10.3 Å². The maximum Gasteiger partial charge on any atom is 0.272 e. The van der Waals surface area contributed by atoms with Crippen LogP contribution in [0, 0.1) is 23.1 Å². The fourth-order valence-corrected chi connectivity index (χ4v) is 4.22. The van der Waals surface area contributed by atoms with Gasteiger partial charge in [0.2, 0.25) is 0 Å². The van der Waals surface area contributed by atoms with Gasteiger partial charge < -0.3 is 4.74 Å². The Bertz CT molecular complexity index is 1500.